The first kappa shape index (κ1) is 9.52. The van der Waals surface area contributed by atoms with Crippen LogP contribution in [0.15, 0.2) is 36.5 Å². The predicted molar refractivity (Wildman–Crippen MR) is 54.6 cm³/mol. The maximum absolute atomic E-state index is 12.9. The normalized spacial score (nSPS) is 11.9. The molecule has 0 unspecified atom stereocenters. The highest BCUT2D eigenvalue weighted by atomic mass is 79.9. The van der Waals surface area contributed by atoms with E-state index in [4.69, 9.17) is 0 Å². The van der Waals surface area contributed by atoms with Crippen LogP contribution in [0.1, 0.15) is 5.56 Å². The largest absolute Gasteiger partial charge is 0.328 e. The minimum absolute atomic E-state index is 0.129. The average molecular weight is 258 g/mol. The van der Waals surface area contributed by atoms with E-state index in [2.05, 4.69) is 20.9 Å². The first-order valence-corrected chi connectivity index (χ1v) is 4.79. The molecule has 4 heteroatoms. The van der Waals surface area contributed by atoms with E-state index < -0.39 is 4.83 Å². The second-order valence-corrected chi connectivity index (χ2v) is 3.91. The third-order valence-electron chi connectivity index (χ3n) is 1.92. The van der Waals surface area contributed by atoms with Crippen LogP contribution < -0.4 is 0 Å². The molecule has 0 bridgehead atoms. The van der Waals surface area contributed by atoms with Gasteiger partial charge in [0, 0.05) is 11.6 Å². The first-order valence-electron chi connectivity index (χ1n) is 3.99. The quantitative estimate of drug-likeness (QED) is 0.711. The monoisotopic (exact) mass is 257 g/mol. The second-order valence-electron chi connectivity index (χ2n) is 2.91. The summed E-state index contributed by atoms with van der Waals surface area (Å²) in [4.78, 5) is 0.928. The molecule has 1 aromatic carbocycles. The van der Waals surface area contributed by atoms with Crippen LogP contribution in [0.25, 0.3) is 10.9 Å². The number of rotatable bonds is 1. The van der Waals surface area contributed by atoms with Crippen LogP contribution in [0.3, 0.4) is 0 Å². The third-order valence-corrected chi connectivity index (χ3v) is 2.38. The fourth-order valence-electron chi connectivity index (χ4n) is 1.23. The number of hydrogen-bond donors (Lipinski definition) is 0. The predicted octanol–water partition coefficient (Wildman–Crippen LogP) is 3.68. The van der Waals surface area contributed by atoms with Crippen molar-refractivity contribution >= 4 is 26.8 Å². The molecule has 0 saturated heterocycles. The Balaban J connectivity index is 2.63. The summed E-state index contributed by atoms with van der Waals surface area (Å²) in [6, 6.07) is 8.58. The molecule has 0 aliphatic rings. The topological polar surface area (TPSA) is 12.9 Å². The van der Waals surface area contributed by atoms with Gasteiger partial charge in [0.15, 0.2) is 0 Å². The van der Waals surface area contributed by atoms with Crippen molar-refractivity contribution in [2.75, 3.05) is 0 Å². The van der Waals surface area contributed by atoms with E-state index in [1.165, 1.54) is 12.3 Å². The number of hydrogen-bond acceptors (Lipinski definition) is 1. The zero-order chi connectivity index (χ0) is 10.2. The summed E-state index contributed by atoms with van der Waals surface area (Å²) in [7, 11) is 0. The zero-order valence-electron chi connectivity index (χ0n) is 7.05. The van der Waals surface area contributed by atoms with Gasteiger partial charge in [0.25, 0.3) is 0 Å². The molecule has 72 valence electrons. The van der Waals surface area contributed by atoms with Gasteiger partial charge in [0.1, 0.15) is 0 Å². The summed E-state index contributed by atoms with van der Waals surface area (Å²) in [6.45, 7) is 0. The molecule has 0 saturated carbocycles. The number of alkyl halides is 3. The zero-order valence-corrected chi connectivity index (χ0v) is 8.63. The second kappa shape index (κ2) is 3.28. The molecule has 0 fully saturated rings. The van der Waals surface area contributed by atoms with Gasteiger partial charge in [-0.2, -0.15) is 8.78 Å². The smallest absolute Gasteiger partial charge is 0.256 e. The van der Waals surface area contributed by atoms with Crippen molar-refractivity contribution in [3.05, 3.63) is 42.1 Å². The van der Waals surface area contributed by atoms with Crippen molar-refractivity contribution in [2.45, 2.75) is 4.83 Å². The van der Waals surface area contributed by atoms with E-state index in [0.29, 0.717) is 10.9 Å². The Morgan fingerprint density at radius 3 is 2.64 bits per heavy atom. The Bertz CT molecular complexity index is 465. The summed E-state index contributed by atoms with van der Waals surface area (Å²) < 4.78 is 25.7. The number of aromatic nitrogens is 1. The van der Waals surface area contributed by atoms with E-state index in [-0.39, 0.29) is 5.56 Å². The molecular formula is C10H6BrF2N. The van der Waals surface area contributed by atoms with Crippen LogP contribution in [-0.2, 0) is 4.83 Å². The summed E-state index contributed by atoms with van der Waals surface area (Å²) >= 11 is 2.30. The maximum atomic E-state index is 12.9. The Labute approximate surface area is 87.9 Å². The van der Waals surface area contributed by atoms with Gasteiger partial charge in [0.05, 0.1) is 11.1 Å². The molecule has 1 nitrogen and oxygen atoms in total. The summed E-state index contributed by atoms with van der Waals surface area (Å²) in [6.07, 6.45) is 1.18. The van der Waals surface area contributed by atoms with E-state index >= 15 is 0 Å². The first-order chi connectivity index (χ1) is 6.57. The fourth-order valence-corrected chi connectivity index (χ4v) is 1.44. The number of benzene rings is 1. The summed E-state index contributed by atoms with van der Waals surface area (Å²) in [5, 5.41) is 0.712. The van der Waals surface area contributed by atoms with Gasteiger partial charge in [-0.25, -0.2) is 0 Å². The van der Waals surface area contributed by atoms with Crippen molar-refractivity contribution in [2.24, 2.45) is 0 Å². The molecule has 1 heterocycles. The van der Waals surface area contributed by atoms with Crippen molar-refractivity contribution < 1.29 is 8.78 Å². The molecule has 2 aromatic rings. The Morgan fingerprint density at radius 1 is 1.21 bits per heavy atom. The Hall–Kier alpha value is -1.03. The maximum Gasteiger partial charge on any atom is 0.328 e. The van der Waals surface area contributed by atoms with Crippen molar-refractivity contribution in [3.63, 3.8) is 0 Å². The fraction of sp³-hybridized carbons (Fsp3) is 0.100. The lowest BCUT2D eigenvalue weighted by Gasteiger charge is -2.08. The SMILES string of the molecule is FC(F)(Br)c1cnc2ccccc2c1. The molecule has 2 rings (SSSR count). The van der Waals surface area contributed by atoms with Gasteiger partial charge in [-0.05, 0) is 28.1 Å². The van der Waals surface area contributed by atoms with Crippen LogP contribution in [0, 0.1) is 0 Å². The highest BCUT2D eigenvalue weighted by Crippen LogP contribution is 2.34. The van der Waals surface area contributed by atoms with E-state index in [1.54, 1.807) is 18.2 Å². The molecule has 0 atom stereocenters. The highest BCUT2D eigenvalue weighted by Gasteiger charge is 2.27. The van der Waals surface area contributed by atoms with E-state index in [1.807, 2.05) is 6.07 Å². The lowest BCUT2D eigenvalue weighted by Crippen LogP contribution is -2.02. The van der Waals surface area contributed by atoms with Crippen LogP contribution in [0.2, 0.25) is 0 Å². The van der Waals surface area contributed by atoms with Crippen molar-refractivity contribution in [1.29, 1.82) is 0 Å². The average Bonchev–Trinajstić information content (AvgIpc) is 2.16. The van der Waals surface area contributed by atoms with Crippen LogP contribution in [-0.4, -0.2) is 4.98 Å². The molecule has 0 aliphatic carbocycles. The van der Waals surface area contributed by atoms with Gasteiger partial charge >= 0.3 is 4.83 Å². The van der Waals surface area contributed by atoms with Gasteiger partial charge < -0.3 is 0 Å². The van der Waals surface area contributed by atoms with Crippen molar-refractivity contribution in [3.8, 4) is 0 Å². The number of para-hydroxylation sites is 1. The Kier molecular flexibility index (Phi) is 2.23. The standard InChI is InChI=1S/C10H6BrF2N/c11-10(12,13)8-5-7-3-1-2-4-9(7)14-6-8/h1-6H. The number of pyridine rings is 1. The minimum Gasteiger partial charge on any atom is -0.256 e. The highest BCUT2D eigenvalue weighted by molar-refractivity contribution is 9.09. The Morgan fingerprint density at radius 2 is 1.93 bits per heavy atom. The number of fused-ring (bicyclic) bond motifs is 1. The minimum atomic E-state index is -3.01. The third kappa shape index (κ3) is 1.75. The summed E-state index contributed by atoms with van der Waals surface area (Å²) in [5.41, 5.74) is 0.587. The molecule has 1 aromatic heterocycles. The molecule has 0 radical (unpaired) electrons. The van der Waals surface area contributed by atoms with Gasteiger partial charge in [-0.15, -0.1) is 0 Å². The molecular weight excluding hydrogens is 252 g/mol. The van der Waals surface area contributed by atoms with E-state index in [9.17, 15) is 8.78 Å². The van der Waals surface area contributed by atoms with E-state index in [0.717, 1.165) is 0 Å². The van der Waals surface area contributed by atoms with Crippen molar-refractivity contribution in [1.82, 2.24) is 4.98 Å². The molecule has 0 spiro atoms. The van der Waals surface area contributed by atoms with Crippen LogP contribution in [0.4, 0.5) is 8.78 Å². The molecule has 0 amide bonds. The van der Waals surface area contributed by atoms with Gasteiger partial charge in [0.2, 0.25) is 0 Å². The summed E-state index contributed by atoms with van der Waals surface area (Å²) in [5.74, 6) is 0. The molecule has 14 heavy (non-hydrogen) atoms. The molecule has 0 N–H and O–H groups in total. The lowest BCUT2D eigenvalue weighted by molar-refractivity contribution is 0.114. The van der Waals surface area contributed by atoms with Crippen LogP contribution >= 0.6 is 15.9 Å². The lowest BCUT2D eigenvalue weighted by atomic mass is 10.2. The van der Waals surface area contributed by atoms with Gasteiger partial charge in [-0.3, -0.25) is 4.98 Å². The number of nitrogens with zero attached hydrogens (tertiary/aromatic N) is 1. The van der Waals surface area contributed by atoms with Crippen LogP contribution in [0.5, 0.6) is 0 Å². The number of halogens is 3. The van der Waals surface area contributed by atoms with Gasteiger partial charge in [-0.1, -0.05) is 18.2 Å². The molecule has 0 aliphatic heterocycles.